The molecule has 0 saturated heterocycles. The van der Waals surface area contributed by atoms with Crippen LogP contribution in [0.15, 0.2) is 24.3 Å². The summed E-state index contributed by atoms with van der Waals surface area (Å²) in [6, 6.07) is 5.36. The second-order valence-electron chi connectivity index (χ2n) is 4.16. The van der Waals surface area contributed by atoms with Crippen LogP contribution in [-0.4, -0.2) is 37.6 Å². The molecule has 0 aliphatic rings. The van der Waals surface area contributed by atoms with Crippen molar-refractivity contribution in [1.29, 1.82) is 0 Å². The van der Waals surface area contributed by atoms with Crippen LogP contribution < -0.4 is 0 Å². The lowest BCUT2D eigenvalue weighted by atomic mass is 10.1. The van der Waals surface area contributed by atoms with Gasteiger partial charge in [-0.3, -0.25) is 4.90 Å². The van der Waals surface area contributed by atoms with Gasteiger partial charge in [-0.25, -0.2) is 0 Å². The number of nitrogens with zero attached hydrogens (tertiary/aromatic N) is 1. The fraction of sp³-hybridized carbons (Fsp3) is 0.538. The molecule has 0 radical (unpaired) electrons. The number of hydrogen-bond donors (Lipinski definition) is 0. The first kappa shape index (κ1) is 16.3. The summed E-state index contributed by atoms with van der Waals surface area (Å²) in [5, 5.41) is 0. The second kappa shape index (κ2) is 7.72. The second-order valence-corrected chi connectivity index (χ2v) is 4.53. The summed E-state index contributed by atoms with van der Waals surface area (Å²) in [7, 11) is 1.59. The Balaban J connectivity index is 2.73. The zero-order valence-corrected chi connectivity index (χ0v) is 11.5. The Morgan fingerprint density at radius 3 is 2.58 bits per heavy atom. The van der Waals surface area contributed by atoms with E-state index in [1.54, 1.807) is 13.2 Å². The maximum absolute atomic E-state index is 12.6. The SMILES string of the molecule is COCCN(CCCl)Cc1cccc(C(F)(F)F)c1. The fourth-order valence-electron chi connectivity index (χ4n) is 1.71. The van der Waals surface area contributed by atoms with Crippen molar-refractivity contribution in [2.24, 2.45) is 0 Å². The summed E-state index contributed by atoms with van der Waals surface area (Å²) in [6.07, 6.45) is -4.31. The van der Waals surface area contributed by atoms with E-state index in [-0.39, 0.29) is 0 Å². The average molecular weight is 296 g/mol. The van der Waals surface area contributed by atoms with E-state index in [4.69, 9.17) is 16.3 Å². The van der Waals surface area contributed by atoms with Gasteiger partial charge in [0, 0.05) is 32.6 Å². The van der Waals surface area contributed by atoms with Gasteiger partial charge in [-0.2, -0.15) is 13.2 Å². The molecule has 108 valence electrons. The van der Waals surface area contributed by atoms with E-state index in [0.29, 0.717) is 37.7 Å². The number of ether oxygens (including phenoxy) is 1. The highest BCUT2D eigenvalue weighted by Gasteiger charge is 2.30. The third-order valence-corrected chi connectivity index (χ3v) is 2.84. The number of alkyl halides is 4. The van der Waals surface area contributed by atoms with Gasteiger partial charge in [0.2, 0.25) is 0 Å². The Kier molecular flexibility index (Phi) is 6.62. The van der Waals surface area contributed by atoms with Gasteiger partial charge < -0.3 is 4.74 Å². The molecule has 0 spiro atoms. The molecule has 2 nitrogen and oxygen atoms in total. The van der Waals surface area contributed by atoms with Crippen LogP contribution >= 0.6 is 11.6 Å². The number of halogens is 4. The first-order chi connectivity index (χ1) is 8.97. The standard InChI is InChI=1S/C13H17ClF3NO/c1-19-8-7-18(6-5-14)10-11-3-2-4-12(9-11)13(15,16)17/h2-4,9H,5-8,10H2,1H3. The highest BCUT2D eigenvalue weighted by atomic mass is 35.5. The fourth-order valence-corrected chi connectivity index (χ4v) is 1.95. The molecule has 0 amide bonds. The summed E-state index contributed by atoms with van der Waals surface area (Å²) in [4.78, 5) is 1.96. The Morgan fingerprint density at radius 1 is 1.26 bits per heavy atom. The minimum absolute atomic E-state index is 0.431. The van der Waals surface area contributed by atoms with E-state index in [0.717, 1.165) is 6.07 Å². The van der Waals surface area contributed by atoms with Gasteiger partial charge in [-0.1, -0.05) is 18.2 Å². The number of benzene rings is 1. The van der Waals surface area contributed by atoms with Crippen LogP contribution in [0, 0.1) is 0 Å². The van der Waals surface area contributed by atoms with Crippen molar-refractivity contribution in [3.8, 4) is 0 Å². The topological polar surface area (TPSA) is 12.5 Å². The summed E-state index contributed by atoms with van der Waals surface area (Å²) < 4.78 is 42.8. The molecular formula is C13H17ClF3NO. The van der Waals surface area contributed by atoms with Gasteiger partial charge >= 0.3 is 6.18 Å². The van der Waals surface area contributed by atoms with Crippen molar-refractivity contribution in [3.05, 3.63) is 35.4 Å². The zero-order valence-electron chi connectivity index (χ0n) is 10.7. The summed E-state index contributed by atoms with van der Waals surface area (Å²) in [6.45, 7) is 2.20. The molecule has 0 saturated carbocycles. The third-order valence-electron chi connectivity index (χ3n) is 2.67. The van der Waals surface area contributed by atoms with E-state index in [9.17, 15) is 13.2 Å². The quantitative estimate of drug-likeness (QED) is 0.715. The Morgan fingerprint density at radius 2 is 2.00 bits per heavy atom. The van der Waals surface area contributed by atoms with Gasteiger partial charge in [0.1, 0.15) is 0 Å². The molecule has 0 bridgehead atoms. The molecule has 0 atom stereocenters. The number of methoxy groups -OCH3 is 1. The van der Waals surface area contributed by atoms with Gasteiger partial charge in [-0.15, -0.1) is 11.6 Å². The lowest BCUT2D eigenvalue weighted by molar-refractivity contribution is -0.137. The van der Waals surface area contributed by atoms with E-state index in [2.05, 4.69) is 0 Å². The maximum atomic E-state index is 12.6. The van der Waals surface area contributed by atoms with Gasteiger partial charge in [0.25, 0.3) is 0 Å². The summed E-state index contributed by atoms with van der Waals surface area (Å²) >= 11 is 5.68. The molecule has 1 rings (SSSR count). The first-order valence-electron chi connectivity index (χ1n) is 5.90. The van der Waals surface area contributed by atoms with Crippen molar-refractivity contribution in [2.45, 2.75) is 12.7 Å². The molecule has 0 fully saturated rings. The maximum Gasteiger partial charge on any atom is 0.416 e. The van der Waals surface area contributed by atoms with Crippen molar-refractivity contribution < 1.29 is 17.9 Å². The smallest absolute Gasteiger partial charge is 0.383 e. The summed E-state index contributed by atoms with van der Waals surface area (Å²) in [5.74, 6) is 0.433. The molecule has 0 aliphatic heterocycles. The van der Waals surface area contributed by atoms with Crippen LogP contribution in [0.1, 0.15) is 11.1 Å². The molecule has 1 aromatic rings. The lowest BCUT2D eigenvalue weighted by Crippen LogP contribution is -2.29. The Labute approximate surface area is 116 Å². The Hall–Kier alpha value is -0.780. The van der Waals surface area contributed by atoms with E-state index in [1.165, 1.54) is 12.1 Å². The predicted molar refractivity (Wildman–Crippen MR) is 69.3 cm³/mol. The average Bonchev–Trinajstić information content (AvgIpc) is 2.35. The van der Waals surface area contributed by atoms with Crippen molar-refractivity contribution >= 4 is 11.6 Å². The molecule has 6 heteroatoms. The summed E-state index contributed by atoms with van der Waals surface area (Å²) in [5.41, 5.74) is -0.00129. The molecule has 1 aromatic carbocycles. The molecule has 19 heavy (non-hydrogen) atoms. The highest BCUT2D eigenvalue weighted by molar-refractivity contribution is 6.18. The van der Waals surface area contributed by atoms with Gasteiger partial charge in [0.05, 0.1) is 12.2 Å². The van der Waals surface area contributed by atoms with Gasteiger partial charge in [-0.05, 0) is 11.6 Å². The highest BCUT2D eigenvalue weighted by Crippen LogP contribution is 2.29. The minimum Gasteiger partial charge on any atom is -0.383 e. The zero-order chi connectivity index (χ0) is 14.3. The van der Waals surface area contributed by atoms with Crippen LogP contribution in [0.4, 0.5) is 13.2 Å². The van der Waals surface area contributed by atoms with Crippen LogP contribution in [0.3, 0.4) is 0 Å². The number of rotatable bonds is 7. The third kappa shape index (κ3) is 5.80. The Bertz CT molecular complexity index is 384. The van der Waals surface area contributed by atoms with Crippen LogP contribution in [0.2, 0.25) is 0 Å². The molecule has 0 N–H and O–H groups in total. The van der Waals surface area contributed by atoms with E-state index in [1.807, 2.05) is 4.90 Å². The van der Waals surface area contributed by atoms with Crippen molar-refractivity contribution in [2.75, 3.05) is 32.7 Å². The molecule has 0 aliphatic carbocycles. The molecule has 0 unspecified atom stereocenters. The van der Waals surface area contributed by atoms with E-state index < -0.39 is 11.7 Å². The first-order valence-corrected chi connectivity index (χ1v) is 6.44. The lowest BCUT2D eigenvalue weighted by Gasteiger charge is -2.21. The van der Waals surface area contributed by atoms with Crippen molar-refractivity contribution in [3.63, 3.8) is 0 Å². The van der Waals surface area contributed by atoms with E-state index >= 15 is 0 Å². The largest absolute Gasteiger partial charge is 0.416 e. The minimum atomic E-state index is -4.31. The van der Waals surface area contributed by atoms with Crippen molar-refractivity contribution in [1.82, 2.24) is 4.90 Å². The van der Waals surface area contributed by atoms with Crippen LogP contribution in [0.5, 0.6) is 0 Å². The molecular weight excluding hydrogens is 279 g/mol. The normalized spacial score (nSPS) is 12.1. The number of hydrogen-bond acceptors (Lipinski definition) is 2. The predicted octanol–water partition coefficient (Wildman–Crippen LogP) is 3.39. The van der Waals surface area contributed by atoms with Crippen LogP contribution in [-0.2, 0) is 17.5 Å². The van der Waals surface area contributed by atoms with Crippen LogP contribution in [0.25, 0.3) is 0 Å². The molecule has 0 heterocycles. The van der Waals surface area contributed by atoms with Gasteiger partial charge in [0.15, 0.2) is 0 Å². The monoisotopic (exact) mass is 295 g/mol. The molecule has 0 aromatic heterocycles.